The minimum atomic E-state index is -3.63. The zero-order valence-electron chi connectivity index (χ0n) is 12.5. The third-order valence-corrected chi connectivity index (χ3v) is 4.27. The molecule has 0 spiro atoms. The molecular weight excluding hydrogens is 279 g/mol. The van der Waals surface area contributed by atoms with Crippen LogP contribution in [0.3, 0.4) is 0 Å². The van der Waals surface area contributed by atoms with Crippen LogP contribution in [0.5, 0.6) is 0 Å². The van der Waals surface area contributed by atoms with E-state index in [4.69, 9.17) is 0 Å². The number of rotatable bonds is 6. The Labute approximate surface area is 120 Å². The second-order valence-corrected chi connectivity index (χ2v) is 7.47. The van der Waals surface area contributed by atoms with Crippen LogP contribution in [0.15, 0.2) is 23.1 Å². The molecular formula is C14H23FN2O2S. The fourth-order valence-corrected chi connectivity index (χ4v) is 3.18. The molecule has 0 saturated carbocycles. The van der Waals surface area contributed by atoms with E-state index in [2.05, 4.69) is 10.0 Å². The molecule has 4 nitrogen and oxygen atoms in total. The van der Waals surface area contributed by atoms with Crippen LogP contribution in [0.2, 0.25) is 0 Å². The minimum Gasteiger partial charge on any atom is -0.313 e. The maximum Gasteiger partial charge on any atom is 0.241 e. The first kappa shape index (κ1) is 17.1. The molecule has 0 bridgehead atoms. The van der Waals surface area contributed by atoms with Crippen molar-refractivity contribution in [2.45, 2.75) is 51.1 Å². The van der Waals surface area contributed by atoms with E-state index in [1.807, 2.05) is 6.92 Å². The van der Waals surface area contributed by atoms with Gasteiger partial charge in [-0.05, 0) is 51.9 Å². The molecule has 0 aromatic heterocycles. The SMILES string of the molecule is CCCNCc1cc(S(=O)(=O)NC(C)(C)C)ccc1F. The van der Waals surface area contributed by atoms with E-state index in [9.17, 15) is 12.8 Å². The highest BCUT2D eigenvalue weighted by molar-refractivity contribution is 7.89. The van der Waals surface area contributed by atoms with Crippen molar-refractivity contribution in [1.82, 2.24) is 10.0 Å². The molecule has 114 valence electrons. The van der Waals surface area contributed by atoms with Crippen LogP contribution in [-0.4, -0.2) is 20.5 Å². The smallest absolute Gasteiger partial charge is 0.241 e. The van der Waals surface area contributed by atoms with Gasteiger partial charge < -0.3 is 5.32 Å². The third-order valence-electron chi connectivity index (χ3n) is 2.51. The molecule has 0 aliphatic heterocycles. The van der Waals surface area contributed by atoms with E-state index in [-0.39, 0.29) is 4.90 Å². The molecule has 1 aromatic carbocycles. The van der Waals surface area contributed by atoms with Gasteiger partial charge in [0.25, 0.3) is 0 Å². The Balaban J connectivity index is 2.99. The Kier molecular flexibility index (Phi) is 5.68. The van der Waals surface area contributed by atoms with E-state index >= 15 is 0 Å². The molecule has 6 heteroatoms. The quantitative estimate of drug-likeness (QED) is 0.793. The Morgan fingerprint density at radius 3 is 2.45 bits per heavy atom. The van der Waals surface area contributed by atoms with Crippen molar-refractivity contribution in [3.63, 3.8) is 0 Å². The Hall–Kier alpha value is -0.980. The fraction of sp³-hybridized carbons (Fsp3) is 0.571. The average Bonchev–Trinajstić information content (AvgIpc) is 2.28. The van der Waals surface area contributed by atoms with Gasteiger partial charge in [0, 0.05) is 17.6 Å². The largest absolute Gasteiger partial charge is 0.313 e. The molecule has 2 N–H and O–H groups in total. The van der Waals surface area contributed by atoms with Gasteiger partial charge in [-0.15, -0.1) is 0 Å². The summed E-state index contributed by atoms with van der Waals surface area (Å²) in [5.41, 5.74) is -0.219. The second kappa shape index (κ2) is 6.65. The first-order chi connectivity index (χ1) is 9.15. The van der Waals surface area contributed by atoms with Crippen LogP contribution in [0.4, 0.5) is 4.39 Å². The zero-order chi connectivity index (χ0) is 15.4. The number of nitrogens with one attached hydrogen (secondary N) is 2. The molecule has 0 heterocycles. The van der Waals surface area contributed by atoms with Crippen LogP contribution in [0.1, 0.15) is 39.7 Å². The number of benzene rings is 1. The standard InChI is InChI=1S/C14H23FN2O2S/c1-5-8-16-10-11-9-12(6-7-13(11)15)20(18,19)17-14(2,3)4/h6-7,9,16-17H,5,8,10H2,1-4H3. The average molecular weight is 302 g/mol. The van der Waals surface area contributed by atoms with Crippen molar-refractivity contribution >= 4 is 10.0 Å². The maximum atomic E-state index is 13.7. The van der Waals surface area contributed by atoms with Crippen LogP contribution in [0.25, 0.3) is 0 Å². The first-order valence-electron chi connectivity index (χ1n) is 6.69. The van der Waals surface area contributed by atoms with Gasteiger partial charge >= 0.3 is 0 Å². The van der Waals surface area contributed by atoms with Crippen molar-refractivity contribution in [1.29, 1.82) is 0 Å². The highest BCUT2D eigenvalue weighted by Crippen LogP contribution is 2.17. The van der Waals surface area contributed by atoms with Gasteiger partial charge in [0.15, 0.2) is 0 Å². The van der Waals surface area contributed by atoms with Gasteiger partial charge in [0.2, 0.25) is 10.0 Å². The Morgan fingerprint density at radius 1 is 1.25 bits per heavy atom. The summed E-state index contributed by atoms with van der Waals surface area (Å²) in [6.07, 6.45) is 0.936. The predicted molar refractivity (Wildman–Crippen MR) is 78.5 cm³/mol. The van der Waals surface area contributed by atoms with Gasteiger partial charge in [-0.3, -0.25) is 0 Å². The summed E-state index contributed by atoms with van der Waals surface area (Å²) in [5, 5.41) is 3.06. The van der Waals surface area contributed by atoms with Crippen molar-refractivity contribution in [3.8, 4) is 0 Å². The molecule has 0 aliphatic rings. The summed E-state index contributed by atoms with van der Waals surface area (Å²) < 4.78 is 40.6. The molecule has 1 rings (SSSR count). The maximum absolute atomic E-state index is 13.7. The molecule has 0 unspecified atom stereocenters. The molecule has 1 aromatic rings. The molecule has 0 radical (unpaired) electrons. The highest BCUT2D eigenvalue weighted by atomic mass is 32.2. The van der Waals surface area contributed by atoms with Crippen molar-refractivity contribution < 1.29 is 12.8 Å². The molecule has 0 saturated heterocycles. The summed E-state index contributed by atoms with van der Waals surface area (Å²) in [6.45, 7) is 8.38. The minimum absolute atomic E-state index is 0.0853. The van der Waals surface area contributed by atoms with E-state index in [1.54, 1.807) is 20.8 Å². The molecule has 0 atom stereocenters. The summed E-state index contributed by atoms with van der Waals surface area (Å²) in [5.74, 6) is -0.400. The number of hydrogen-bond acceptors (Lipinski definition) is 3. The van der Waals surface area contributed by atoms with Crippen LogP contribution in [0, 0.1) is 5.82 Å². The molecule has 20 heavy (non-hydrogen) atoms. The lowest BCUT2D eigenvalue weighted by molar-refractivity contribution is 0.491. The van der Waals surface area contributed by atoms with Crippen LogP contribution >= 0.6 is 0 Å². The van der Waals surface area contributed by atoms with Crippen LogP contribution < -0.4 is 10.0 Å². The summed E-state index contributed by atoms with van der Waals surface area (Å²) in [6, 6.07) is 3.86. The van der Waals surface area contributed by atoms with Gasteiger partial charge in [-0.25, -0.2) is 17.5 Å². The lowest BCUT2D eigenvalue weighted by atomic mass is 10.1. The number of sulfonamides is 1. The lowest BCUT2D eigenvalue weighted by Gasteiger charge is -2.20. The first-order valence-corrected chi connectivity index (χ1v) is 8.17. The molecule has 0 aliphatic carbocycles. The van der Waals surface area contributed by atoms with Gasteiger partial charge in [0.05, 0.1) is 4.90 Å². The normalized spacial score (nSPS) is 12.7. The topological polar surface area (TPSA) is 58.2 Å². The van der Waals surface area contributed by atoms with E-state index < -0.39 is 21.4 Å². The number of hydrogen-bond donors (Lipinski definition) is 2. The van der Waals surface area contributed by atoms with E-state index in [0.29, 0.717) is 12.1 Å². The van der Waals surface area contributed by atoms with Crippen molar-refractivity contribution in [3.05, 3.63) is 29.6 Å². The third kappa shape index (κ3) is 5.19. The van der Waals surface area contributed by atoms with Crippen molar-refractivity contribution in [2.75, 3.05) is 6.54 Å². The summed E-state index contributed by atoms with van der Waals surface area (Å²) >= 11 is 0. The lowest BCUT2D eigenvalue weighted by Crippen LogP contribution is -2.40. The van der Waals surface area contributed by atoms with Crippen molar-refractivity contribution in [2.24, 2.45) is 0 Å². The molecule has 0 amide bonds. The number of halogens is 1. The Bertz CT molecular complexity index is 551. The highest BCUT2D eigenvalue weighted by Gasteiger charge is 2.22. The van der Waals surface area contributed by atoms with Gasteiger partial charge in [-0.2, -0.15) is 0 Å². The predicted octanol–water partition coefficient (Wildman–Crippen LogP) is 2.40. The van der Waals surface area contributed by atoms with E-state index in [0.717, 1.165) is 13.0 Å². The van der Waals surface area contributed by atoms with Crippen LogP contribution in [-0.2, 0) is 16.6 Å². The fourth-order valence-electron chi connectivity index (χ4n) is 1.72. The summed E-state index contributed by atoms with van der Waals surface area (Å²) in [4.78, 5) is 0.0853. The Morgan fingerprint density at radius 2 is 1.90 bits per heavy atom. The van der Waals surface area contributed by atoms with E-state index in [1.165, 1.54) is 18.2 Å². The van der Waals surface area contributed by atoms with Gasteiger partial charge in [0.1, 0.15) is 5.82 Å². The van der Waals surface area contributed by atoms with Gasteiger partial charge in [-0.1, -0.05) is 6.92 Å². The zero-order valence-corrected chi connectivity index (χ0v) is 13.3. The summed E-state index contributed by atoms with van der Waals surface area (Å²) in [7, 11) is -3.63. The second-order valence-electron chi connectivity index (χ2n) is 5.79. The monoisotopic (exact) mass is 302 g/mol. The molecule has 0 fully saturated rings.